The van der Waals surface area contributed by atoms with E-state index in [0.717, 1.165) is 0 Å². The molecule has 0 unspecified atom stereocenters. The molecule has 0 bridgehead atoms. The van der Waals surface area contributed by atoms with E-state index in [1.807, 2.05) is 0 Å². The van der Waals surface area contributed by atoms with Gasteiger partial charge in [0.25, 0.3) is 11.5 Å². The predicted molar refractivity (Wildman–Crippen MR) is 95.8 cm³/mol. The number of morpholine rings is 1. The Bertz CT molecular complexity index is 1010. The first kappa shape index (κ1) is 17.2. The monoisotopic (exact) mass is 368 g/mol. The van der Waals surface area contributed by atoms with Gasteiger partial charge in [0, 0.05) is 12.1 Å². The number of rotatable bonds is 3. The van der Waals surface area contributed by atoms with E-state index in [4.69, 9.17) is 9.15 Å². The van der Waals surface area contributed by atoms with Crippen LogP contribution in [0, 0.1) is 5.82 Å². The Morgan fingerprint density at radius 3 is 2.74 bits per heavy atom. The van der Waals surface area contributed by atoms with Crippen molar-refractivity contribution < 1.29 is 18.3 Å². The maximum absolute atomic E-state index is 14.0. The van der Waals surface area contributed by atoms with Gasteiger partial charge in [0.15, 0.2) is 0 Å². The van der Waals surface area contributed by atoms with Crippen LogP contribution < -0.4 is 5.56 Å². The molecule has 1 aliphatic heterocycles. The molecule has 3 aromatic rings. The van der Waals surface area contributed by atoms with Gasteiger partial charge in [-0.2, -0.15) is 0 Å². The SMILES string of the molecule is O=C(c1ccc(-c2ccco2)[nH]c1=O)N1CCO[C@H](c2ccccc2F)C1. The van der Waals surface area contributed by atoms with Crippen molar-refractivity contribution in [2.75, 3.05) is 19.7 Å². The molecule has 0 saturated carbocycles. The third kappa shape index (κ3) is 3.41. The highest BCUT2D eigenvalue weighted by atomic mass is 19.1. The molecule has 27 heavy (non-hydrogen) atoms. The molecule has 1 atom stereocenters. The van der Waals surface area contributed by atoms with Gasteiger partial charge in [0.05, 0.1) is 25.1 Å². The van der Waals surface area contributed by atoms with Crippen molar-refractivity contribution >= 4 is 5.91 Å². The fourth-order valence-corrected chi connectivity index (χ4v) is 3.15. The summed E-state index contributed by atoms with van der Waals surface area (Å²) in [6.45, 7) is 0.787. The van der Waals surface area contributed by atoms with E-state index in [1.165, 1.54) is 23.3 Å². The summed E-state index contributed by atoms with van der Waals surface area (Å²) in [5.41, 5.74) is 0.423. The van der Waals surface area contributed by atoms with Crippen LogP contribution in [0.1, 0.15) is 22.0 Å². The second kappa shape index (κ2) is 7.20. The topological polar surface area (TPSA) is 75.5 Å². The number of H-pyrrole nitrogens is 1. The number of carbonyl (C=O) groups excluding carboxylic acids is 1. The summed E-state index contributed by atoms with van der Waals surface area (Å²) in [7, 11) is 0. The summed E-state index contributed by atoms with van der Waals surface area (Å²) in [5, 5.41) is 0. The van der Waals surface area contributed by atoms with E-state index in [2.05, 4.69) is 4.98 Å². The van der Waals surface area contributed by atoms with Crippen molar-refractivity contribution in [1.82, 2.24) is 9.88 Å². The molecule has 1 aromatic carbocycles. The van der Waals surface area contributed by atoms with Gasteiger partial charge in [0.2, 0.25) is 0 Å². The van der Waals surface area contributed by atoms with Crippen LogP contribution in [0.25, 0.3) is 11.5 Å². The van der Waals surface area contributed by atoms with Crippen LogP contribution in [-0.4, -0.2) is 35.5 Å². The molecule has 1 aliphatic rings. The molecule has 0 spiro atoms. The van der Waals surface area contributed by atoms with Crippen LogP contribution in [0.5, 0.6) is 0 Å². The molecule has 1 fully saturated rings. The Morgan fingerprint density at radius 1 is 1.15 bits per heavy atom. The molecule has 3 heterocycles. The lowest BCUT2D eigenvalue weighted by Gasteiger charge is -2.33. The number of hydrogen-bond acceptors (Lipinski definition) is 4. The van der Waals surface area contributed by atoms with E-state index in [9.17, 15) is 14.0 Å². The minimum absolute atomic E-state index is 0.0273. The molecule has 0 radical (unpaired) electrons. The number of carbonyl (C=O) groups is 1. The third-order valence-corrected chi connectivity index (χ3v) is 4.53. The first-order chi connectivity index (χ1) is 13.1. The minimum atomic E-state index is -0.564. The van der Waals surface area contributed by atoms with Gasteiger partial charge in [-0.25, -0.2) is 4.39 Å². The number of hydrogen-bond donors (Lipinski definition) is 1. The Hall–Kier alpha value is -3.19. The summed E-state index contributed by atoms with van der Waals surface area (Å²) < 4.78 is 24.9. The lowest BCUT2D eigenvalue weighted by atomic mass is 10.1. The van der Waals surface area contributed by atoms with Crippen molar-refractivity contribution in [3.8, 4) is 11.5 Å². The molecular weight excluding hydrogens is 351 g/mol. The molecule has 6 nitrogen and oxygen atoms in total. The number of benzene rings is 1. The summed E-state index contributed by atoms with van der Waals surface area (Å²) in [5.74, 6) is -0.276. The number of ether oxygens (including phenoxy) is 1. The fourth-order valence-electron chi connectivity index (χ4n) is 3.15. The molecular formula is C20H17FN2O4. The van der Waals surface area contributed by atoms with Crippen molar-refractivity contribution in [2.45, 2.75) is 6.10 Å². The van der Waals surface area contributed by atoms with Crippen molar-refractivity contribution in [3.63, 3.8) is 0 Å². The molecule has 1 amide bonds. The average Bonchev–Trinajstić information content (AvgIpc) is 3.23. The smallest absolute Gasteiger partial charge is 0.261 e. The van der Waals surface area contributed by atoms with Crippen LogP contribution in [0.2, 0.25) is 0 Å². The molecule has 1 N–H and O–H groups in total. The molecule has 0 aliphatic carbocycles. The number of aromatic nitrogens is 1. The van der Waals surface area contributed by atoms with Crippen LogP contribution in [0.15, 0.2) is 64.0 Å². The van der Waals surface area contributed by atoms with Gasteiger partial charge in [-0.1, -0.05) is 18.2 Å². The highest BCUT2D eigenvalue weighted by Crippen LogP contribution is 2.25. The van der Waals surface area contributed by atoms with E-state index in [1.54, 1.807) is 36.4 Å². The zero-order valence-corrected chi connectivity index (χ0v) is 14.4. The van der Waals surface area contributed by atoms with Crippen LogP contribution >= 0.6 is 0 Å². The van der Waals surface area contributed by atoms with E-state index in [-0.39, 0.29) is 24.5 Å². The third-order valence-electron chi connectivity index (χ3n) is 4.53. The standard InChI is InChI=1S/C20H17FN2O4/c21-15-5-2-1-4-13(15)18-12-23(9-11-27-18)20(25)14-7-8-16(22-19(14)24)17-6-3-10-26-17/h1-8,10,18H,9,11-12H2,(H,22,24)/t18-/m0/s1. The van der Waals surface area contributed by atoms with Crippen LogP contribution in [0.3, 0.4) is 0 Å². The summed E-state index contributed by atoms with van der Waals surface area (Å²) in [4.78, 5) is 29.4. The highest BCUT2D eigenvalue weighted by Gasteiger charge is 2.28. The van der Waals surface area contributed by atoms with E-state index >= 15 is 0 Å². The van der Waals surface area contributed by atoms with E-state index < -0.39 is 17.6 Å². The first-order valence-corrected chi connectivity index (χ1v) is 8.56. The van der Waals surface area contributed by atoms with Crippen molar-refractivity contribution in [1.29, 1.82) is 0 Å². The van der Waals surface area contributed by atoms with Crippen LogP contribution in [0.4, 0.5) is 4.39 Å². The number of nitrogens with one attached hydrogen (secondary N) is 1. The maximum Gasteiger partial charge on any atom is 0.261 e. The predicted octanol–water partition coefficient (Wildman–Crippen LogP) is 2.99. The second-order valence-corrected chi connectivity index (χ2v) is 6.22. The normalized spacial score (nSPS) is 17.1. The quantitative estimate of drug-likeness (QED) is 0.771. The van der Waals surface area contributed by atoms with Gasteiger partial charge >= 0.3 is 0 Å². The Morgan fingerprint density at radius 2 is 2.00 bits per heavy atom. The molecule has 4 rings (SSSR count). The Kier molecular flexibility index (Phi) is 4.60. The van der Waals surface area contributed by atoms with E-state index in [0.29, 0.717) is 23.6 Å². The van der Waals surface area contributed by atoms with Crippen molar-refractivity contribution in [3.05, 3.63) is 82.1 Å². The largest absolute Gasteiger partial charge is 0.463 e. The number of furan rings is 1. The Balaban J connectivity index is 1.56. The number of halogens is 1. The van der Waals surface area contributed by atoms with Crippen molar-refractivity contribution in [2.24, 2.45) is 0 Å². The number of nitrogens with zero attached hydrogens (tertiary/aromatic N) is 1. The molecule has 1 saturated heterocycles. The average molecular weight is 368 g/mol. The number of aromatic amines is 1. The fraction of sp³-hybridized carbons (Fsp3) is 0.200. The van der Waals surface area contributed by atoms with Gasteiger partial charge in [-0.15, -0.1) is 0 Å². The molecule has 7 heteroatoms. The van der Waals surface area contributed by atoms with Gasteiger partial charge in [-0.3, -0.25) is 9.59 Å². The lowest BCUT2D eigenvalue weighted by molar-refractivity contribution is -0.0243. The first-order valence-electron chi connectivity index (χ1n) is 8.56. The second-order valence-electron chi connectivity index (χ2n) is 6.22. The molecule has 2 aromatic heterocycles. The summed E-state index contributed by atoms with van der Waals surface area (Å²) in [6.07, 6.45) is 0.939. The highest BCUT2D eigenvalue weighted by molar-refractivity contribution is 5.94. The van der Waals surface area contributed by atoms with Gasteiger partial charge in [0.1, 0.15) is 23.2 Å². The lowest BCUT2D eigenvalue weighted by Crippen LogP contribution is -2.44. The minimum Gasteiger partial charge on any atom is -0.463 e. The number of amides is 1. The van der Waals surface area contributed by atoms with Crippen LogP contribution in [-0.2, 0) is 4.74 Å². The van der Waals surface area contributed by atoms with Gasteiger partial charge < -0.3 is 19.0 Å². The van der Waals surface area contributed by atoms with Gasteiger partial charge in [-0.05, 0) is 30.3 Å². The summed E-state index contributed by atoms with van der Waals surface area (Å²) in [6, 6.07) is 12.9. The number of pyridine rings is 1. The zero-order valence-electron chi connectivity index (χ0n) is 14.4. The maximum atomic E-state index is 14.0. The Labute approximate surface area is 154 Å². The summed E-state index contributed by atoms with van der Waals surface area (Å²) >= 11 is 0. The molecule has 138 valence electrons. The zero-order chi connectivity index (χ0) is 18.8.